The minimum Gasteiger partial charge on any atom is -0.388 e. The van der Waals surface area contributed by atoms with Crippen LogP contribution in [0.4, 0.5) is 5.69 Å². The lowest BCUT2D eigenvalue weighted by Gasteiger charge is -2.12. The van der Waals surface area contributed by atoms with Crippen molar-refractivity contribution >= 4 is 33.2 Å². The molecule has 20 heavy (non-hydrogen) atoms. The van der Waals surface area contributed by atoms with Gasteiger partial charge < -0.3 is 5.11 Å². The number of aliphatic hydroxyl groups excluding tert-OH is 1. The molecule has 0 aliphatic heterocycles. The molecule has 4 nitrogen and oxygen atoms in total. The fraction of sp³-hybridized carbons (Fsp3) is 0.143. The minimum absolute atomic E-state index is 0.0393. The SMILES string of the molecule is O=[N+]([O-])c1ccc(CC(O)c2ccc(Cl)c(Br)c2)cc1. The molecule has 0 aliphatic rings. The van der Waals surface area contributed by atoms with Gasteiger partial charge in [0, 0.05) is 23.0 Å². The van der Waals surface area contributed by atoms with Gasteiger partial charge in [-0.3, -0.25) is 10.1 Å². The van der Waals surface area contributed by atoms with Gasteiger partial charge in [-0.05, 0) is 39.2 Å². The Kier molecular flexibility index (Phi) is 4.75. The summed E-state index contributed by atoms with van der Waals surface area (Å²) in [6, 6.07) is 11.4. The normalized spacial score (nSPS) is 12.2. The number of nitrogens with zero attached hydrogens (tertiary/aromatic N) is 1. The molecule has 0 amide bonds. The molecule has 0 saturated carbocycles. The number of benzene rings is 2. The Balaban J connectivity index is 2.12. The van der Waals surface area contributed by atoms with Gasteiger partial charge in [-0.2, -0.15) is 0 Å². The maximum atomic E-state index is 10.6. The van der Waals surface area contributed by atoms with Gasteiger partial charge in [0.25, 0.3) is 5.69 Å². The molecule has 1 unspecified atom stereocenters. The largest absolute Gasteiger partial charge is 0.388 e. The Hall–Kier alpha value is -1.43. The summed E-state index contributed by atoms with van der Waals surface area (Å²) in [6.07, 6.45) is -0.309. The lowest BCUT2D eigenvalue weighted by atomic mass is 10.0. The van der Waals surface area contributed by atoms with Crippen LogP contribution in [0, 0.1) is 10.1 Å². The van der Waals surface area contributed by atoms with Crippen molar-refractivity contribution in [3.05, 3.63) is 73.2 Å². The fourth-order valence-electron chi connectivity index (χ4n) is 1.81. The number of non-ortho nitro benzene ring substituents is 1. The second kappa shape index (κ2) is 6.35. The monoisotopic (exact) mass is 355 g/mol. The Morgan fingerprint density at radius 1 is 1.25 bits per heavy atom. The van der Waals surface area contributed by atoms with Gasteiger partial charge in [-0.15, -0.1) is 0 Å². The molecule has 0 spiro atoms. The van der Waals surface area contributed by atoms with Crippen LogP contribution in [-0.4, -0.2) is 10.0 Å². The molecule has 0 bridgehead atoms. The highest BCUT2D eigenvalue weighted by atomic mass is 79.9. The molecule has 0 aliphatic carbocycles. The topological polar surface area (TPSA) is 63.4 Å². The number of nitro benzene ring substituents is 1. The summed E-state index contributed by atoms with van der Waals surface area (Å²) in [4.78, 5) is 10.1. The first-order valence-electron chi connectivity index (χ1n) is 5.83. The first-order chi connectivity index (χ1) is 9.47. The first-order valence-corrected chi connectivity index (χ1v) is 7.01. The van der Waals surface area contributed by atoms with E-state index in [1.54, 1.807) is 30.3 Å². The van der Waals surface area contributed by atoms with E-state index < -0.39 is 11.0 Å². The van der Waals surface area contributed by atoms with Gasteiger partial charge in [-0.1, -0.05) is 29.8 Å². The van der Waals surface area contributed by atoms with Crippen molar-refractivity contribution < 1.29 is 10.0 Å². The summed E-state index contributed by atoms with van der Waals surface area (Å²) in [5, 5.41) is 21.3. The zero-order valence-corrected chi connectivity index (χ0v) is 12.6. The van der Waals surface area contributed by atoms with Crippen molar-refractivity contribution in [1.29, 1.82) is 0 Å². The second-order valence-electron chi connectivity index (χ2n) is 4.32. The maximum Gasteiger partial charge on any atom is 0.269 e. The van der Waals surface area contributed by atoms with Crippen LogP contribution in [0.3, 0.4) is 0 Å². The third-order valence-electron chi connectivity index (χ3n) is 2.90. The highest BCUT2D eigenvalue weighted by Crippen LogP contribution is 2.27. The molecule has 104 valence electrons. The van der Waals surface area contributed by atoms with E-state index in [-0.39, 0.29) is 5.69 Å². The van der Waals surface area contributed by atoms with Crippen molar-refractivity contribution in [3.63, 3.8) is 0 Å². The van der Waals surface area contributed by atoms with Gasteiger partial charge in [-0.25, -0.2) is 0 Å². The number of aliphatic hydroxyl groups is 1. The van der Waals surface area contributed by atoms with Crippen LogP contribution in [0.15, 0.2) is 46.9 Å². The number of nitro groups is 1. The van der Waals surface area contributed by atoms with E-state index in [2.05, 4.69) is 15.9 Å². The molecular formula is C14H11BrClNO3. The van der Waals surface area contributed by atoms with Crippen molar-refractivity contribution in [1.82, 2.24) is 0 Å². The van der Waals surface area contributed by atoms with Crippen LogP contribution in [0.5, 0.6) is 0 Å². The molecule has 0 fully saturated rings. The molecule has 1 N–H and O–H groups in total. The molecule has 2 aromatic rings. The van der Waals surface area contributed by atoms with E-state index in [9.17, 15) is 15.2 Å². The van der Waals surface area contributed by atoms with E-state index in [0.29, 0.717) is 11.4 Å². The van der Waals surface area contributed by atoms with Gasteiger partial charge in [0.2, 0.25) is 0 Å². The van der Waals surface area contributed by atoms with Crippen LogP contribution in [-0.2, 0) is 6.42 Å². The summed E-state index contributed by atoms with van der Waals surface area (Å²) in [5.41, 5.74) is 1.60. The lowest BCUT2D eigenvalue weighted by Crippen LogP contribution is -2.02. The van der Waals surface area contributed by atoms with Gasteiger partial charge in [0.15, 0.2) is 0 Å². The molecule has 0 radical (unpaired) electrons. The highest BCUT2D eigenvalue weighted by Gasteiger charge is 2.11. The summed E-state index contributed by atoms with van der Waals surface area (Å²) < 4.78 is 0.722. The van der Waals surface area contributed by atoms with E-state index in [4.69, 9.17) is 11.6 Å². The van der Waals surface area contributed by atoms with Gasteiger partial charge in [0.1, 0.15) is 0 Å². The molecule has 0 heterocycles. The number of halogens is 2. The summed E-state index contributed by atoms with van der Waals surface area (Å²) in [5.74, 6) is 0. The molecular weight excluding hydrogens is 346 g/mol. The van der Waals surface area contributed by atoms with E-state index in [1.165, 1.54) is 12.1 Å². The van der Waals surface area contributed by atoms with Crippen LogP contribution >= 0.6 is 27.5 Å². The van der Waals surface area contributed by atoms with Crippen LogP contribution < -0.4 is 0 Å². The van der Waals surface area contributed by atoms with Crippen LogP contribution in [0.25, 0.3) is 0 Å². The average Bonchev–Trinajstić information content (AvgIpc) is 2.42. The minimum atomic E-state index is -0.690. The Morgan fingerprint density at radius 2 is 1.90 bits per heavy atom. The zero-order chi connectivity index (χ0) is 14.7. The number of hydrogen-bond acceptors (Lipinski definition) is 3. The van der Waals surface area contributed by atoms with Crippen molar-refractivity contribution in [2.75, 3.05) is 0 Å². The smallest absolute Gasteiger partial charge is 0.269 e. The molecule has 2 rings (SSSR count). The third-order valence-corrected chi connectivity index (χ3v) is 4.12. The van der Waals surface area contributed by atoms with E-state index in [0.717, 1.165) is 15.6 Å². The molecule has 2 aromatic carbocycles. The van der Waals surface area contributed by atoms with E-state index >= 15 is 0 Å². The maximum absolute atomic E-state index is 10.6. The average molecular weight is 357 g/mol. The standard InChI is InChI=1S/C14H11BrClNO3/c15-12-8-10(3-6-13(12)16)14(18)7-9-1-4-11(5-2-9)17(19)20/h1-6,8,14,18H,7H2. The highest BCUT2D eigenvalue weighted by molar-refractivity contribution is 9.10. The van der Waals surface area contributed by atoms with Crippen LogP contribution in [0.2, 0.25) is 5.02 Å². The molecule has 6 heteroatoms. The Labute approximate surface area is 129 Å². The van der Waals surface area contributed by atoms with Crippen molar-refractivity contribution in [2.45, 2.75) is 12.5 Å². The van der Waals surface area contributed by atoms with Gasteiger partial charge >= 0.3 is 0 Å². The fourth-order valence-corrected chi connectivity index (χ4v) is 2.33. The number of hydrogen-bond donors (Lipinski definition) is 1. The zero-order valence-electron chi connectivity index (χ0n) is 10.3. The first kappa shape index (κ1) is 15.0. The predicted molar refractivity (Wildman–Crippen MR) is 80.9 cm³/mol. The molecule has 0 saturated heterocycles. The number of rotatable bonds is 4. The Bertz CT molecular complexity index is 631. The van der Waals surface area contributed by atoms with Crippen LogP contribution in [0.1, 0.15) is 17.2 Å². The van der Waals surface area contributed by atoms with E-state index in [1.807, 2.05) is 0 Å². The van der Waals surface area contributed by atoms with Gasteiger partial charge in [0.05, 0.1) is 16.0 Å². The summed E-state index contributed by atoms with van der Waals surface area (Å²) in [6.45, 7) is 0. The predicted octanol–water partition coefficient (Wildman–Crippen LogP) is 4.29. The van der Waals surface area contributed by atoms with Crippen molar-refractivity contribution in [2.24, 2.45) is 0 Å². The second-order valence-corrected chi connectivity index (χ2v) is 5.58. The molecule has 1 atom stereocenters. The Morgan fingerprint density at radius 3 is 2.45 bits per heavy atom. The summed E-state index contributed by atoms with van der Waals surface area (Å²) in [7, 11) is 0. The van der Waals surface area contributed by atoms with Crippen molar-refractivity contribution in [3.8, 4) is 0 Å². The third kappa shape index (κ3) is 3.56. The lowest BCUT2D eigenvalue weighted by molar-refractivity contribution is -0.384. The quantitative estimate of drug-likeness (QED) is 0.656. The molecule has 0 aromatic heterocycles. The summed E-state index contributed by atoms with van der Waals surface area (Å²) >= 11 is 9.21.